The Hall–Kier alpha value is -0.540. The second-order valence-electron chi connectivity index (χ2n) is 6.18. The summed E-state index contributed by atoms with van der Waals surface area (Å²) >= 11 is 6.39. The highest BCUT2D eigenvalue weighted by molar-refractivity contribution is 6.20. The molecule has 0 aliphatic carbocycles. The van der Waals surface area contributed by atoms with Crippen LogP contribution in [0.1, 0.15) is 62.4 Å². The van der Waals surface area contributed by atoms with E-state index in [0.717, 1.165) is 31.5 Å². The zero-order valence-corrected chi connectivity index (χ0v) is 13.4. The minimum absolute atomic E-state index is 0.0159. The van der Waals surface area contributed by atoms with Crippen molar-refractivity contribution in [1.82, 2.24) is 9.78 Å². The Labute approximate surface area is 121 Å². The maximum Gasteiger partial charge on any atom is 0.0779 e. The Kier molecular flexibility index (Phi) is 4.26. The summed E-state index contributed by atoms with van der Waals surface area (Å²) in [5.41, 5.74) is 3.45. The van der Waals surface area contributed by atoms with Crippen LogP contribution in [0.2, 0.25) is 0 Å². The lowest BCUT2D eigenvalue weighted by molar-refractivity contribution is -0.0232. The first kappa shape index (κ1) is 14.9. The van der Waals surface area contributed by atoms with Crippen LogP contribution in [0.25, 0.3) is 0 Å². The molecule has 1 aliphatic heterocycles. The van der Waals surface area contributed by atoms with E-state index in [1.165, 1.54) is 11.3 Å². The molecule has 2 unspecified atom stereocenters. The lowest BCUT2D eigenvalue weighted by Gasteiger charge is -2.19. The van der Waals surface area contributed by atoms with E-state index in [1.807, 2.05) is 6.92 Å². The van der Waals surface area contributed by atoms with Gasteiger partial charge in [0.1, 0.15) is 0 Å². The summed E-state index contributed by atoms with van der Waals surface area (Å²) < 4.78 is 8.12. The van der Waals surface area contributed by atoms with Crippen molar-refractivity contribution in [2.24, 2.45) is 0 Å². The van der Waals surface area contributed by atoms with Crippen molar-refractivity contribution < 1.29 is 4.74 Å². The number of rotatable bonds is 4. The molecule has 2 rings (SSSR count). The average Bonchev–Trinajstić information content (AvgIpc) is 2.80. The Balaban J connectivity index is 2.14. The second-order valence-corrected chi connectivity index (χ2v) is 6.71. The van der Waals surface area contributed by atoms with Gasteiger partial charge in [0.05, 0.1) is 29.3 Å². The van der Waals surface area contributed by atoms with Crippen molar-refractivity contribution in [2.75, 3.05) is 0 Å². The normalized spacial score (nSPS) is 23.8. The van der Waals surface area contributed by atoms with Gasteiger partial charge in [-0.25, -0.2) is 0 Å². The summed E-state index contributed by atoms with van der Waals surface area (Å²) in [6, 6.07) is 0. The van der Waals surface area contributed by atoms with Crippen LogP contribution in [0.4, 0.5) is 0 Å². The van der Waals surface area contributed by atoms with Gasteiger partial charge in [-0.1, -0.05) is 6.92 Å². The number of alkyl halides is 1. The summed E-state index contributed by atoms with van der Waals surface area (Å²) in [5, 5.41) is 4.71. The lowest BCUT2D eigenvalue weighted by Crippen LogP contribution is -2.23. The van der Waals surface area contributed by atoms with Gasteiger partial charge < -0.3 is 4.74 Å². The van der Waals surface area contributed by atoms with Gasteiger partial charge in [-0.05, 0) is 47.0 Å². The predicted octanol–water partition coefficient (Wildman–Crippen LogP) is 4.15. The van der Waals surface area contributed by atoms with Crippen molar-refractivity contribution in [3.8, 4) is 0 Å². The van der Waals surface area contributed by atoms with E-state index in [-0.39, 0.29) is 17.1 Å². The van der Waals surface area contributed by atoms with Crippen molar-refractivity contribution in [2.45, 2.75) is 77.5 Å². The van der Waals surface area contributed by atoms with Crippen molar-refractivity contribution in [3.63, 3.8) is 0 Å². The standard InChI is InChI=1S/C15H25ClN2O/c1-6-13(16)14-10(2)17-18(11(14)3)9-12-7-8-15(4,5)19-12/h12-13H,6-9H2,1-5H3. The third-order valence-electron chi connectivity index (χ3n) is 4.04. The van der Waals surface area contributed by atoms with Crippen molar-refractivity contribution in [1.29, 1.82) is 0 Å². The maximum atomic E-state index is 6.39. The number of hydrogen-bond donors (Lipinski definition) is 0. The fourth-order valence-corrected chi connectivity index (χ4v) is 3.26. The van der Waals surface area contributed by atoms with Crippen LogP contribution in [0.5, 0.6) is 0 Å². The second kappa shape index (κ2) is 5.45. The molecule has 0 saturated carbocycles. The maximum absolute atomic E-state index is 6.39. The third kappa shape index (κ3) is 3.14. The number of aryl methyl sites for hydroxylation is 1. The molecule has 0 amide bonds. The van der Waals surface area contributed by atoms with Gasteiger partial charge in [0.2, 0.25) is 0 Å². The van der Waals surface area contributed by atoms with Crippen LogP contribution in [0.3, 0.4) is 0 Å². The minimum Gasteiger partial charge on any atom is -0.370 e. The van der Waals surface area contributed by atoms with Crippen LogP contribution >= 0.6 is 11.6 Å². The molecule has 0 N–H and O–H groups in total. The van der Waals surface area contributed by atoms with E-state index in [9.17, 15) is 0 Å². The molecule has 1 aromatic heterocycles. The van der Waals surface area contributed by atoms with Gasteiger partial charge in [0.25, 0.3) is 0 Å². The Bertz CT molecular complexity index is 453. The van der Waals surface area contributed by atoms with Gasteiger partial charge in [-0.2, -0.15) is 5.10 Å². The molecule has 3 nitrogen and oxygen atoms in total. The van der Waals surface area contributed by atoms with E-state index in [4.69, 9.17) is 16.3 Å². The molecule has 19 heavy (non-hydrogen) atoms. The van der Waals surface area contributed by atoms with E-state index < -0.39 is 0 Å². The summed E-state index contributed by atoms with van der Waals surface area (Å²) in [6.45, 7) is 11.4. The number of halogens is 1. The monoisotopic (exact) mass is 284 g/mol. The predicted molar refractivity (Wildman–Crippen MR) is 78.8 cm³/mol. The SMILES string of the molecule is CCC(Cl)c1c(C)nn(CC2CCC(C)(C)O2)c1C. The fourth-order valence-electron chi connectivity index (χ4n) is 2.95. The van der Waals surface area contributed by atoms with Crippen LogP contribution < -0.4 is 0 Å². The Morgan fingerprint density at radius 3 is 2.68 bits per heavy atom. The van der Waals surface area contributed by atoms with E-state index in [1.54, 1.807) is 0 Å². The molecule has 2 atom stereocenters. The molecule has 2 heterocycles. The van der Waals surface area contributed by atoms with Crippen LogP contribution in [-0.4, -0.2) is 21.5 Å². The van der Waals surface area contributed by atoms with Crippen molar-refractivity contribution >= 4 is 11.6 Å². The average molecular weight is 285 g/mol. The summed E-state index contributed by atoms with van der Waals surface area (Å²) in [6.07, 6.45) is 3.44. The van der Waals surface area contributed by atoms with E-state index in [2.05, 4.69) is 37.5 Å². The molecule has 108 valence electrons. The van der Waals surface area contributed by atoms with Crippen molar-refractivity contribution in [3.05, 3.63) is 17.0 Å². The summed E-state index contributed by atoms with van der Waals surface area (Å²) in [7, 11) is 0. The number of aromatic nitrogens is 2. The zero-order chi connectivity index (χ0) is 14.2. The molecule has 0 radical (unpaired) electrons. The molecule has 1 aromatic rings. The van der Waals surface area contributed by atoms with E-state index in [0.29, 0.717) is 0 Å². The molecule has 0 spiro atoms. The van der Waals surface area contributed by atoms with Gasteiger partial charge in [-0.15, -0.1) is 11.6 Å². The van der Waals surface area contributed by atoms with E-state index >= 15 is 0 Å². The highest BCUT2D eigenvalue weighted by atomic mass is 35.5. The van der Waals surface area contributed by atoms with Crippen LogP contribution in [-0.2, 0) is 11.3 Å². The molecule has 1 saturated heterocycles. The number of nitrogens with zero attached hydrogens (tertiary/aromatic N) is 2. The molecular formula is C15H25ClN2O. The molecule has 1 aliphatic rings. The molecule has 4 heteroatoms. The molecule has 1 fully saturated rings. The quantitative estimate of drug-likeness (QED) is 0.777. The fraction of sp³-hybridized carbons (Fsp3) is 0.800. The van der Waals surface area contributed by atoms with Gasteiger partial charge >= 0.3 is 0 Å². The zero-order valence-electron chi connectivity index (χ0n) is 12.7. The number of ether oxygens (including phenoxy) is 1. The number of hydrogen-bond acceptors (Lipinski definition) is 2. The molecular weight excluding hydrogens is 260 g/mol. The smallest absolute Gasteiger partial charge is 0.0779 e. The van der Waals surface area contributed by atoms with Gasteiger partial charge in [0, 0.05) is 11.3 Å². The summed E-state index contributed by atoms with van der Waals surface area (Å²) in [4.78, 5) is 0. The largest absolute Gasteiger partial charge is 0.370 e. The first-order valence-electron chi connectivity index (χ1n) is 7.20. The Morgan fingerprint density at radius 2 is 2.16 bits per heavy atom. The molecule has 0 bridgehead atoms. The summed E-state index contributed by atoms with van der Waals surface area (Å²) in [5.74, 6) is 0. The molecule has 0 aromatic carbocycles. The van der Waals surface area contributed by atoms with Gasteiger partial charge in [-0.3, -0.25) is 4.68 Å². The van der Waals surface area contributed by atoms with Crippen LogP contribution in [0.15, 0.2) is 0 Å². The third-order valence-corrected chi connectivity index (χ3v) is 4.57. The Morgan fingerprint density at radius 1 is 1.47 bits per heavy atom. The minimum atomic E-state index is 0.0159. The first-order chi connectivity index (χ1) is 8.84. The van der Waals surface area contributed by atoms with Gasteiger partial charge in [0.15, 0.2) is 0 Å². The topological polar surface area (TPSA) is 27.1 Å². The highest BCUT2D eigenvalue weighted by Crippen LogP contribution is 2.32. The van der Waals surface area contributed by atoms with Crippen LogP contribution in [0, 0.1) is 13.8 Å². The first-order valence-corrected chi connectivity index (χ1v) is 7.63. The highest BCUT2D eigenvalue weighted by Gasteiger charge is 2.32. The lowest BCUT2D eigenvalue weighted by atomic mass is 10.1.